The molecule has 7 heteroatoms. The second-order valence-electron chi connectivity index (χ2n) is 4.95. The topological polar surface area (TPSA) is 97.6 Å². The minimum Gasteiger partial charge on any atom is -0.465 e. The Morgan fingerprint density at radius 2 is 1.82 bits per heavy atom. The number of furan rings is 1. The SMILES string of the molecule is CCCCNC(=O)NC(=O)COC(=O)c1c(C)oc(C)c1C. The summed E-state index contributed by atoms with van der Waals surface area (Å²) in [6, 6.07) is -0.596. The maximum atomic E-state index is 11.9. The monoisotopic (exact) mass is 310 g/mol. The normalized spacial score (nSPS) is 10.2. The summed E-state index contributed by atoms with van der Waals surface area (Å²) in [4.78, 5) is 34.8. The van der Waals surface area contributed by atoms with Gasteiger partial charge in [-0.05, 0) is 27.2 Å². The summed E-state index contributed by atoms with van der Waals surface area (Å²) in [5.41, 5.74) is 0.998. The number of hydrogen-bond acceptors (Lipinski definition) is 5. The molecular weight excluding hydrogens is 288 g/mol. The molecule has 0 saturated carbocycles. The standard InChI is InChI=1S/C15H22N2O5/c1-5-6-7-16-15(20)17-12(18)8-21-14(19)13-9(2)10(3)22-11(13)4/h5-8H2,1-4H3,(H2,16,17,18,20). The van der Waals surface area contributed by atoms with Gasteiger partial charge in [0.25, 0.3) is 5.91 Å². The van der Waals surface area contributed by atoms with Gasteiger partial charge in [0.1, 0.15) is 17.1 Å². The third-order valence-electron chi connectivity index (χ3n) is 3.17. The summed E-state index contributed by atoms with van der Waals surface area (Å²) in [5, 5.41) is 4.62. The lowest BCUT2D eigenvalue weighted by atomic mass is 10.1. The Morgan fingerprint density at radius 1 is 1.14 bits per heavy atom. The third-order valence-corrected chi connectivity index (χ3v) is 3.17. The van der Waals surface area contributed by atoms with Crippen molar-refractivity contribution >= 4 is 17.9 Å². The predicted molar refractivity (Wildman–Crippen MR) is 79.7 cm³/mol. The molecule has 122 valence electrons. The highest BCUT2D eigenvalue weighted by Gasteiger charge is 2.21. The number of carbonyl (C=O) groups excluding carboxylic acids is 3. The highest BCUT2D eigenvalue weighted by molar-refractivity contribution is 5.97. The van der Waals surface area contributed by atoms with Crippen LogP contribution in [0.15, 0.2) is 4.42 Å². The molecule has 1 aromatic rings. The van der Waals surface area contributed by atoms with Crippen molar-refractivity contribution in [2.45, 2.75) is 40.5 Å². The van der Waals surface area contributed by atoms with E-state index in [9.17, 15) is 14.4 Å². The van der Waals surface area contributed by atoms with E-state index in [4.69, 9.17) is 9.15 Å². The predicted octanol–water partition coefficient (Wildman–Crippen LogP) is 1.99. The van der Waals surface area contributed by atoms with Gasteiger partial charge in [0.05, 0.1) is 0 Å². The molecule has 22 heavy (non-hydrogen) atoms. The van der Waals surface area contributed by atoms with Crippen LogP contribution < -0.4 is 10.6 Å². The molecular formula is C15H22N2O5. The highest BCUT2D eigenvalue weighted by atomic mass is 16.5. The number of amides is 3. The summed E-state index contributed by atoms with van der Waals surface area (Å²) in [5.74, 6) is -0.256. The van der Waals surface area contributed by atoms with Crippen molar-refractivity contribution in [1.82, 2.24) is 10.6 Å². The number of rotatable bonds is 6. The Bertz CT molecular complexity index is 563. The maximum absolute atomic E-state index is 11.9. The van der Waals surface area contributed by atoms with Gasteiger partial charge in [-0.3, -0.25) is 10.1 Å². The summed E-state index contributed by atoms with van der Waals surface area (Å²) in [6.07, 6.45) is 1.77. The van der Waals surface area contributed by atoms with E-state index >= 15 is 0 Å². The third kappa shape index (κ3) is 4.91. The van der Waals surface area contributed by atoms with Gasteiger partial charge in [0, 0.05) is 12.1 Å². The van der Waals surface area contributed by atoms with Crippen LogP contribution in [0, 0.1) is 20.8 Å². The first kappa shape index (κ1) is 17.7. The van der Waals surface area contributed by atoms with Gasteiger partial charge in [-0.2, -0.15) is 0 Å². The fourth-order valence-corrected chi connectivity index (χ4v) is 1.88. The zero-order chi connectivity index (χ0) is 16.7. The van der Waals surface area contributed by atoms with E-state index in [1.165, 1.54) is 0 Å². The van der Waals surface area contributed by atoms with Gasteiger partial charge >= 0.3 is 12.0 Å². The molecule has 7 nitrogen and oxygen atoms in total. The molecule has 0 bridgehead atoms. The van der Waals surface area contributed by atoms with Gasteiger partial charge in [-0.15, -0.1) is 0 Å². The Morgan fingerprint density at radius 3 is 2.36 bits per heavy atom. The molecule has 2 N–H and O–H groups in total. The van der Waals surface area contributed by atoms with Crippen LogP contribution in [-0.4, -0.2) is 31.1 Å². The molecule has 0 unspecified atom stereocenters. The number of urea groups is 1. The number of hydrogen-bond donors (Lipinski definition) is 2. The first-order valence-corrected chi connectivity index (χ1v) is 7.18. The summed E-state index contributed by atoms with van der Waals surface area (Å²) < 4.78 is 10.2. The van der Waals surface area contributed by atoms with Crippen molar-refractivity contribution in [2.75, 3.05) is 13.2 Å². The van der Waals surface area contributed by atoms with Crippen LogP contribution >= 0.6 is 0 Å². The second-order valence-corrected chi connectivity index (χ2v) is 4.95. The van der Waals surface area contributed by atoms with Gasteiger partial charge in [-0.1, -0.05) is 13.3 Å². The first-order valence-electron chi connectivity index (χ1n) is 7.18. The fourth-order valence-electron chi connectivity index (χ4n) is 1.88. The van der Waals surface area contributed by atoms with Crippen LogP contribution in [0.4, 0.5) is 4.79 Å². The van der Waals surface area contributed by atoms with E-state index in [2.05, 4.69) is 10.6 Å². The Hall–Kier alpha value is -2.31. The average molecular weight is 310 g/mol. The van der Waals surface area contributed by atoms with Crippen molar-refractivity contribution in [3.63, 3.8) is 0 Å². The lowest BCUT2D eigenvalue weighted by Crippen LogP contribution is -2.41. The largest absolute Gasteiger partial charge is 0.465 e. The van der Waals surface area contributed by atoms with E-state index < -0.39 is 24.5 Å². The lowest BCUT2D eigenvalue weighted by Gasteiger charge is -2.07. The van der Waals surface area contributed by atoms with Crippen LogP contribution in [0.3, 0.4) is 0 Å². The molecule has 0 radical (unpaired) electrons. The van der Waals surface area contributed by atoms with E-state index in [-0.39, 0.29) is 0 Å². The van der Waals surface area contributed by atoms with Crippen molar-refractivity contribution < 1.29 is 23.5 Å². The zero-order valence-corrected chi connectivity index (χ0v) is 13.4. The molecule has 0 aliphatic carbocycles. The minimum absolute atomic E-state index is 0.317. The second kappa shape index (κ2) is 8.21. The molecule has 0 aliphatic heterocycles. The lowest BCUT2D eigenvalue weighted by molar-refractivity contribution is -0.123. The number of unbranched alkanes of at least 4 members (excludes halogenated alkanes) is 1. The van der Waals surface area contributed by atoms with Crippen LogP contribution in [0.25, 0.3) is 0 Å². The zero-order valence-electron chi connectivity index (χ0n) is 13.4. The molecule has 1 rings (SSSR count). The summed E-state index contributed by atoms with van der Waals surface area (Å²) >= 11 is 0. The van der Waals surface area contributed by atoms with E-state index in [0.717, 1.165) is 12.8 Å². The highest BCUT2D eigenvalue weighted by Crippen LogP contribution is 2.21. The maximum Gasteiger partial charge on any atom is 0.342 e. The Balaban J connectivity index is 2.44. The van der Waals surface area contributed by atoms with E-state index in [1.807, 2.05) is 6.92 Å². The number of ether oxygens (including phenoxy) is 1. The van der Waals surface area contributed by atoms with Crippen LogP contribution in [0.5, 0.6) is 0 Å². The van der Waals surface area contributed by atoms with E-state index in [0.29, 0.717) is 29.2 Å². The van der Waals surface area contributed by atoms with E-state index in [1.54, 1.807) is 20.8 Å². The molecule has 0 spiro atoms. The van der Waals surface area contributed by atoms with Gasteiger partial charge in [-0.25, -0.2) is 9.59 Å². The number of carbonyl (C=O) groups is 3. The fraction of sp³-hybridized carbons (Fsp3) is 0.533. The molecule has 0 atom stereocenters. The van der Waals surface area contributed by atoms with Gasteiger partial charge in [0.2, 0.25) is 0 Å². The number of imide groups is 1. The van der Waals surface area contributed by atoms with Crippen molar-refractivity contribution in [3.05, 3.63) is 22.6 Å². The van der Waals surface area contributed by atoms with Crippen LogP contribution in [-0.2, 0) is 9.53 Å². The van der Waals surface area contributed by atoms with Crippen molar-refractivity contribution in [3.8, 4) is 0 Å². The molecule has 0 fully saturated rings. The smallest absolute Gasteiger partial charge is 0.342 e. The van der Waals surface area contributed by atoms with Gasteiger partial charge < -0.3 is 14.5 Å². The average Bonchev–Trinajstić information content (AvgIpc) is 2.70. The number of aryl methyl sites for hydroxylation is 2. The molecule has 0 saturated heterocycles. The molecule has 0 aliphatic rings. The summed E-state index contributed by atoms with van der Waals surface area (Å²) in [6.45, 7) is 7.09. The van der Waals surface area contributed by atoms with Crippen LogP contribution in [0.2, 0.25) is 0 Å². The quantitative estimate of drug-likeness (QED) is 0.618. The van der Waals surface area contributed by atoms with Crippen molar-refractivity contribution in [1.29, 1.82) is 0 Å². The Kier molecular flexibility index (Phi) is 6.62. The summed E-state index contributed by atoms with van der Waals surface area (Å²) in [7, 11) is 0. The molecule has 1 aromatic heterocycles. The number of nitrogens with one attached hydrogen (secondary N) is 2. The molecule has 1 heterocycles. The first-order chi connectivity index (χ1) is 10.4. The molecule has 3 amide bonds. The van der Waals surface area contributed by atoms with Crippen LogP contribution in [0.1, 0.15) is 47.2 Å². The molecule has 0 aromatic carbocycles. The number of esters is 1. The van der Waals surface area contributed by atoms with Crippen molar-refractivity contribution in [2.24, 2.45) is 0 Å². The Labute approximate surface area is 129 Å². The van der Waals surface area contributed by atoms with Gasteiger partial charge in [0.15, 0.2) is 6.61 Å². The minimum atomic E-state index is -0.683.